The Hall–Kier alpha value is -3.26. The fourth-order valence-electron chi connectivity index (χ4n) is 3.26. The summed E-state index contributed by atoms with van der Waals surface area (Å²) >= 11 is 0. The van der Waals surface area contributed by atoms with Crippen LogP contribution < -0.4 is 19.7 Å². The lowest BCUT2D eigenvalue weighted by Gasteiger charge is -2.29. The smallest absolute Gasteiger partial charge is 0.351 e. The molecule has 4 rings (SSSR count). The molecule has 2 aliphatic heterocycles. The highest BCUT2D eigenvalue weighted by atomic mass is 16.6. The number of benzene rings is 2. The van der Waals surface area contributed by atoms with Gasteiger partial charge in [0.15, 0.2) is 17.6 Å². The first-order chi connectivity index (χ1) is 14.6. The first-order valence-corrected chi connectivity index (χ1v) is 9.93. The monoisotopic (exact) mass is 412 g/mol. The van der Waals surface area contributed by atoms with Gasteiger partial charge in [-0.2, -0.15) is 0 Å². The predicted octanol–water partition coefficient (Wildman–Crippen LogP) is 2.23. The molecule has 0 aromatic heterocycles. The van der Waals surface area contributed by atoms with Crippen molar-refractivity contribution in [2.24, 2.45) is 0 Å². The number of ether oxygens (including phenoxy) is 4. The van der Waals surface area contributed by atoms with E-state index >= 15 is 0 Å². The van der Waals surface area contributed by atoms with E-state index in [1.807, 2.05) is 30.3 Å². The topological polar surface area (TPSA) is 86.3 Å². The molecule has 2 aromatic carbocycles. The summed E-state index contributed by atoms with van der Waals surface area (Å²) in [4.78, 5) is 27.0. The van der Waals surface area contributed by atoms with Crippen molar-refractivity contribution in [2.75, 3.05) is 43.1 Å². The van der Waals surface area contributed by atoms with E-state index in [2.05, 4.69) is 10.2 Å². The van der Waals surface area contributed by atoms with E-state index < -0.39 is 24.1 Å². The number of fused-ring (bicyclic) bond motifs is 1. The third kappa shape index (κ3) is 4.65. The van der Waals surface area contributed by atoms with Crippen LogP contribution in [0.3, 0.4) is 0 Å². The van der Waals surface area contributed by atoms with Gasteiger partial charge in [-0.3, -0.25) is 4.79 Å². The summed E-state index contributed by atoms with van der Waals surface area (Å²) in [5.41, 5.74) is 1.71. The summed E-state index contributed by atoms with van der Waals surface area (Å²) in [5, 5.41) is 2.76. The third-order valence-electron chi connectivity index (χ3n) is 4.94. The second-order valence-electron chi connectivity index (χ2n) is 7.08. The molecule has 1 amide bonds. The minimum Gasteiger partial charge on any atom is -0.485 e. The van der Waals surface area contributed by atoms with Crippen molar-refractivity contribution < 1.29 is 28.5 Å². The second-order valence-corrected chi connectivity index (χ2v) is 7.08. The van der Waals surface area contributed by atoms with E-state index in [4.69, 9.17) is 18.9 Å². The molecule has 0 aliphatic carbocycles. The molecule has 0 bridgehead atoms. The molecule has 158 valence electrons. The van der Waals surface area contributed by atoms with E-state index in [0.29, 0.717) is 30.4 Å². The number of hydrogen-bond donors (Lipinski definition) is 1. The van der Waals surface area contributed by atoms with Gasteiger partial charge in [-0.1, -0.05) is 12.1 Å². The first-order valence-electron chi connectivity index (χ1n) is 9.93. The number of anilines is 2. The minimum atomic E-state index is -0.975. The summed E-state index contributed by atoms with van der Waals surface area (Å²) in [6.45, 7) is 4.66. The molecule has 2 atom stereocenters. The van der Waals surface area contributed by atoms with E-state index in [0.717, 1.165) is 18.8 Å². The van der Waals surface area contributed by atoms with Gasteiger partial charge in [-0.25, -0.2) is 4.79 Å². The molecule has 0 radical (unpaired) electrons. The van der Waals surface area contributed by atoms with Crippen molar-refractivity contribution in [2.45, 2.75) is 19.1 Å². The molecule has 8 nitrogen and oxygen atoms in total. The summed E-state index contributed by atoms with van der Waals surface area (Å²) in [6.07, 6.45) is -1.89. The van der Waals surface area contributed by atoms with Crippen LogP contribution >= 0.6 is 0 Å². The van der Waals surface area contributed by atoms with Crippen LogP contribution in [0.1, 0.15) is 6.92 Å². The first kappa shape index (κ1) is 20.0. The molecule has 2 aromatic rings. The zero-order valence-electron chi connectivity index (χ0n) is 16.7. The maximum Gasteiger partial charge on any atom is 0.351 e. The highest BCUT2D eigenvalue weighted by Gasteiger charge is 2.31. The summed E-state index contributed by atoms with van der Waals surface area (Å²) < 4.78 is 21.8. The molecule has 0 spiro atoms. The van der Waals surface area contributed by atoms with Crippen LogP contribution in [0.4, 0.5) is 11.4 Å². The average molecular weight is 412 g/mol. The van der Waals surface area contributed by atoms with Crippen LogP contribution in [-0.2, 0) is 19.1 Å². The number of rotatable bonds is 5. The molecule has 2 heterocycles. The molecular formula is C22H24N2O6. The Morgan fingerprint density at radius 3 is 2.50 bits per heavy atom. The summed E-state index contributed by atoms with van der Waals surface area (Å²) in [5.74, 6) is -0.00884. The lowest BCUT2D eigenvalue weighted by molar-refractivity contribution is -0.162. The van der Waals surface area contributed by atoms with Crippen LogP contribution in [0.2, 0.25) is 0 Å². The van der Waals surface area contributed by atoms with Crippen LogP contribution in [0, 0.1) is 0 Å². The molecule has 8 heteroatoms. The standard InChI is InChI=1S/C22H24N2O6/c1-15(29-22(26)20-14-28-18-4-2-3-5-19(18)30-20)21(25)23-16-6-8-17(9-7-16)24-10-12-27-13-11-24/h2-9,15,20H,10-14H2,1H3,(H,23,25)/t15-,20+/m1/s1. The molecule has 1 saturated heterocycles. The number of amides is 1. The number of nitrogens with zero attached hydrogens (tertiary/aromatic N) is 1. The number of esters is 1. The van der Waals surface area contributed by atoms with E-state index in [9.17, 15) is 9.59 Å². The number of nitrogens with one attached hydrogen (secondary N) is 1. The average Bonchev–Trinajstić information content (AvgIpc) is 2.79. The number of morpholine rings is 1. The predicted molar refractivity (Wildman–Crippen MR) is 110 cm³/mol. The van der Waals surface area contributed by atoms with E-state index in [1.54, 1.807) is 18.2 Å². The number of carbonyl (C=O) groups is 2. The second kappa shape index (κ2) is 9.04. The van der Waals surface area contributed by atoms with Crippen molar-refractivity contribution in [3.8, 4) is 11.5 Å². The third-order valence-corrected chi connectivity index (χ3v) is 4.94. The SMILES string of the molecule is C[C@@H](OC(=O)[C@@H]1COc2ccccc2O1)C(=O)Nc1ccc(N2CCOCC2)cc1. The zero-order chi connectivity index (χ0) is 20.9. The quantitative estimate of drug-likeness (QED) is 0.754. The number of carbonyl (C=O) groups excluding carboxylic acids is 2. The van der Waals surface area contributed by atoms with Gasteiger partial charge in [0, 0.05) is 24.5 Å². The molecule has 0 unspecified atom stereocenters. The van der Waals surface area contributed by atoms with Gasteiger partial charge in [-0.05, 0) is 43.3 Å². The molecule has 1 fully saturated rings. The van der Waals surface area contributed by atoms with Crippen LogP contribution in [0.15, 0.2) is 48.5 Å². The largest absolute Gasteiger partial charge is 0.485 e. The Balaban J connectivity index is 1.29. The Morgan fingerprint density at radius 1 is 1.07 bits per heavy atom. The van der Waals surface area contributed by atoms with Crippen molar-refractivity contribution in [1.82, 2.24) is 0 Å². The van der Waals surface area contributed by atoms with Gasteiger partial charge in [0.05, 0.1) is 13.2 Å². The summed E-state index contributed by atoms with van der Waals surface area (Å²) in [7, 11) is 0. The minimum absolute atomic E-state index is 0.0349. The van der Waals surface area contributed by atoms with Gasteiger partial charge < -0.3 is 29.2 Å². The highest BCUT2D eigenvalue weighted by molar-refractivity contribution is 5.95. The van der Waals surface area contributed by atoms with Crippen LogP contribution in [0.25, 0.3) is 0 Å². The number of hydrogen-bond acceptors (Lipinski definition) is 7. The Labute approximate surface area is 174 Å². The van der Waals surface area contributed by atoms with E-state index in [-0.39, 0.29) is 6.61 Å². The zero-order valence-corrected chi connectivity index (χ0v) is 16.7. The maximum absolute atomic E-state index is 12.4. The van der Waals surface area contributed by atoms with E-state index in [1.165, 1.54) is 6.92 Å². The lowest BCUT2D eigenvalue weighted by atomic mass is 10.2. The molecule has 1 N–H and O–H groups in total. The van der Waals surface area contributed by atoms with Gasteiger partial charge >= 0.3 is 5.97 Å². The molecular weight excluding hydrogens is 388 g/mol. The summed E-state index contributed by atoms with van der Waals surface area (Å²) in [6, 6.07) is 14.6. The van der Waals surface area contributed by atoms with Crippen LogP contribution in [0.5, 0.6) is 11.5 Å². The fourth-order valence-corrected chi connectivity index (χ4v) is 3.26. The highest BCUT2D eigenvalue weighted by Crippen LogP contribution is 2.31. The Kier molecular flexibility index (Phi) is 6.04. The molecule has 0 saturated carbocycles. The Morgan fingerprint density at radius 2 is 1.77 bits per heavy atom. The van der Waals surface area contributed by atoms with Gasteiger partial charge in [0.25, 0.3) is 5.91 Å². The van der Waals surface area contributed by atoms with Crippen molar-refractivity contribution in [3.05, 3.63) is 48.5 Å². The normalized spacial score (nSPS) is 19.0. The Bertz CT molecular complexity index is 895. The fraction of sp³-hybridized carbons (Fsp3) is 0.364. The van der Waals surface area contributed by atoms with Gasteiger partial charge in [0.2, 0.25) is 6.10 Å². The van der Waals surface area contributed by atoms with Gasteiger partial charge in [0.1, 0.15) is 6.61 Å². The molecule has 30 heavy (non-hydrogen) atoms. The van der Waals surface area contributed by atoms with Crippen LogP contribution in [-0.4, -0.2) is 57.0 Å². The molecule has 2 aliphatic rings. The van der Waals surface area contributed by atoms with Crippen molar-refractivity contribution >= 4 is 23.3 Å². The van der Waals surface area contributed by atoms with Crippen molar-refractivity contribution in [1.29, 1.82) is 0 Å². The van der Waals surface area contributed by atoms with Gasteiger partial charge in [-0.15, -0.1) is 0 Å². The maximum atomic E-state index is 12.4. The van der Waals surface area contributed by atoms with Crippen molar-refractivity contribution in [3.63, 3.8) is 0 Å². The number of para-hydroxylation sites is 2. The lowest BCUT2D eigenvalue weighted by Crippen LogP contribution is -2.41.